The fourth-order valence-corrected chi connectivity index (χ4v) is 1.53. The van der Waals surface area contributed by atoms with Gasteiger partial charge in [0.2, 0.25) is 0 Å². The van der Waals surface area contributed by atoms with E-state index in [1.807, 2.05) is 0 Å². The molecule has 0 aliphatic carbocycles. The quantitative estimate of drug-likeness (QED) is 0.338. The predicted molar refractivity (Wildman–Crippen MR) is 75.8 cm³/mol. The summed E-state index contributed by atoms with van der Waals surface area (Å²) < 4.78 is 8.84. The zero-order valence-corrected chi connectivity index (χ0v) is 12.1. The Kier molecular flexibility index (Phi) is 5.78. The van der Waals surface area contributed by atoms with Gasteiger partial charge in [-0.25, -0.2) is 14.4 Å². The number of carbonyl (C=O) groups excluding carboxylic acids is 2. The summed E-state index contributed by atoms with van der Waals surface area (Å²) in [6.07, 6.45) is 0.794. The van der Waals surface area contributed by atoms with Crippen LogP contribution in [-0.4, -0.2) is 42.2 Å². The van der Waals surface area contributed by atoms with Crippen molar-refractivity contribution in [1.29, 1.82) is 0 Å². The van der Waals surface area contributed by atoms with Crippen molar-refractivity contribution < 1.29 is 33.9 Å². The van der Waals surface area contributed by atoms with Crippen molar-refractivity contribution in [1.82, 2.24) is 0 Å². The zero-order chi connectivity index (χ0) is 17.6. The number of carboxylic acids is 1. The third-order valence-electron chi connectivity index (χ3n) is 2.57. The highest BCUT2D eigenvalue weighted by Gasteiger charge is 2.21. The number of ether oxygens (including phenoxy) is 2. The second-order valence-electron chi connectivity index (χ2n) is 3.99. The van der Waals surface area contributed by atoms with Gasteiger partial charge in [-0.15, -0.1) is 0 Å². The first kappa shape index (κ1) is 17.6. The van der Waals surface area contributed by atoms with E-state index in [1.165, 1.54) is 6.07 Å². The minimum atomic E-state index is -1.47. The second-order valence-corrected chi connectivity index (χ2v) is 3.99. The molecule has 0 amide bonds. The maximum atomic E-state index is 11.6. The minimum absolute atomic E-state index is 0.0160. The fourth-order valence-electron chi connectivity index (χ4n) is 1.53. The number of aromatic carboxylic acids is 1. The number of nitrogens with zero attached hydrogens (tertiary/aromatic N) is 1. The van der Waals surface area contributed by atoms with Gasteiger partial charge < -0.3 is 19.9 Å². The van der Waals surface area contributed by atoms with E-state index in [-0.39, 0.29) is 11.4 Å². The Morgan fingerprint density at radius 3 is 2.39 bits per heavy atom. The van der Waals surface area contributed by atoms with E-state index in [1.54, 1.807) is 0 Å². The van der Waals surface area contributed by atoms with Crippen molar-refractivity contribution in [2.24, 2.45) is 0 Å². The lowest BCUT2D eigenvalue weighted by molar-refractivity contribution is -0.385. The van der Waals surface area contributed by atoms with E-state index in [9.17, 15) is 24.5 Å². The molecule has 122 valence electrons. The molecule has 0 aliphatic heterocycles. The average molecular weight is 324 g/mol. The number of anilines is 1. The van der Waals surface area contributed by atoms with E-state index >= 15 is 0 Å². The predicted octanol–water partition coefficient (Wildman–Crippen LogP) is 0.935. The number of nitrogens with one attached hydrogen (secondary N) is 1. The molecule has 0 heterocycles. The summed E-state index contributed by atoms with van der Waals surface area (Å²) in [5, 5.41) is 22.3. The number of methoxy groups -OCH3 is 2. The normalized spacial score (nSPS) is 10.6. The summed E-state index contributed by atoms with van der Waals surface area (Å²) >= 11 is 0. The number of carbonyl (C=O) groups is 3. The molecular weight excluding hydrogens is 312 g/mol. The Labute approximate surface area is 129 Å². The Morgan fingerprint density at radius 2 is 1.91 bits per heavy atom. The molecule has 0 atom stereocenters. The Balaban J connectivity index is 3.24. The van der Waals surface area contributed by atoms with Gasteiger partial charge in [0.15, 0.2) is 0 Å². The van der Waals surface area contributed by atoms with Crippen LogP contribution >= 0.6 is 0 Å². The van der Waals surface area contributed by atoms with Crippen molar-refractivity contribution in [2.45, 2.75) is 0 Å². The molecule has 10 heteroatoms. The second kappa shape index (κ2) is 7.54. The van der Waals surface area contributed by atoms with E-state index in [0.717, 1.165) is 32.4 Å². The fraction of sp³-hybridized carbons (Fsp3) is 0.154. The van der Waals surface area contributed by atoms with Crippen LogP contribution in [0.3, 0.4) is 0 Å². The van der Waals surface area contributed by atoms with Crippen LogP contribution in [0.1, 0.15) is 10.4 Å². The number of hydrogen-bond donors (Lipinski definition) is 2. The maximum absolute atomic E-state index is 11.6. The van der Waals surface area contributed by atoms with Crippen LogP contribution in [0, 0.1) is 10.1 Å². The molecule has 0 fully saturated rings. The Bertz CT molecular complexity index is 695. The maximum Gasteiger partial charge on any atom is 0.354 e. The van der Waals surface area contributed by atoms with Gasteiger partial charge in [-0.3, -0.25) is 10.1 Å². The number of nitro groups is 1. The SMILES string of the molecule is COC(=O)/C=C(/Nc1ccc(C(=O)O)c([N+](=O)[O-])c1)C(=O)OC. The van der Waals surface area contributed by atoms with E-state index in [2.05, 4.69) is 14.8 Å². The first-order chi connectivity index (χ1) is 10.8. The zero-order valence-electron chi connectivity index (χ0n) is 12.1. The molecule has 1 aromatic rings. The lowest BCUT2D eigenvalue weighted by atomic mass is 10.1. The van der Waals surface area contributed by atoms with Crippen molar-refractivity contribution in [3.8, 4) is 0 Å². The molecule has 0 aromatic heterocycles. The van der Waals surface area contributed by atoms with Gasteiger partial charge >= 0.3 is 17.9 Å². The molecule has 0 aliphatic rings. The van der Waals surface area contributed by atoms with Gasteiger partial charge in [-0.1, -0.05) is 0 Å². The molecule has 0 bridgehead atoms. The van der Waals surface area contributed by atoms with E-state index in [0.29, 0.717) is 0 Å². The first-order valence-corrected chi connectivity index (χ1v) is 5.96. The highest BCUT2D eigenvalue weighted by molar-refractivity contribution is 5.99. The summed E-state index contributed by atoms with van der Waals surface area (Å²) in [6.45, 7) is 0. The van der Waals surface area contributed by atoms with Crippen molar-refractivity contribution in [3.05, 3.63) is 45.6 Å². The summed E-state index contributed by atoms with van der Waals surface area (Å²) in [6, 6.07) is 3.11. The summed E-state index contributed by atoms with van der Waals surface area (Å²) in [4.78, 5) is 43.8. The lowest BCUT2D eigenvalue weighted by Crippen LogP contribution is -2.15. The topological polar surface area (TPSA) is 145 Å². The molecule has 0 radical (unpaired) electrons. The molecule has 0 spiro atoms. The van der Waals surface area contributed by atoms with Crippen LogP contribution in [0.15, 0.2) is 30.0 Å². The standard InChI is InChI=1S/C13H12N2O8/c1-22-11(16)6-9(13(19)23-2)14-7-3-4-8(12(17)18)10(5-7)15(20)21/h3-6,14H,1-2H3,(H,17,18)/b9-6+. The van der Waals surface area contributed by atoms with Crippen LogP contribution in [0.25, 0.3) is 0 Å². The van der Waals surface area contributed by atoms with Gasteiger partial charge in [0.05, 0.1) is 25.2 Å². The third kappa shape index (κ3) is 4.52. The van der Waals surface area contributed by atoms with Gasteiger partial charge in [-0.2, -0.15) is 0 Å². The Hall–Kier alpha value is -3.43. The van der Waals surface area contributed by atoms with Crippen LogP contribution in [0.4, 0.5) is 11.4 Å². The van der Waals surface area contributed by atoms with E-state index < -0.39 is 34.1 Å². The Morgan fingerprint density at radius 1 is 1.26 bits per heavy atom. The number of benzene rings is 1. The van der Waals surface area contributed by atoms with Crippen molar-refractivity contribution in [2.75, 3.05) is 19.5 Å². The van der Waals surface area contributed by atoms with Gasteiger partial charge in [0.1, 0.15) is 11.3 Å². The number of esters is 2. The first-order valence-electron chi connectivity index (χ1n) is 5.96. The van der Waals surface area contributed by atoms with E-state index in [4.69, 9.17) is 5.11 Å². The van der Waals surface area contributed by atoms with Crippen LogP contribution in [0.2, 0.25) is 0 Å². The largest absolute Gasteiger partial charge is 0.477 e. The smallest absolute Gasteiger partial charge is 0.354 e. The molecule has 1 aromatic carbocycles. The number of hydrogen-bond acceptors (Lipinski definition) is 8. The van der Waals surface area contributed by atoms with Gasteiger partial charge in [0.25, 0.3) is 5.69 Å². The summed E-state index contributed by atoms with van der Waals surface area (Å²) in [5.74, 6) is -3.24. The highest BCUT2D eigenvalue weighted by Crippen LogP contribution is 2.24. The summed E-state index contributed by atoms with van der Waals surface area (Å²) in [5.41, 5.74) is -1.51. The molecule has 0 saturated carbocycles. The molecule has 0 unspecified atom stereocenters. The average Bonchev–Trinajstić information content (AvgIpc) is 2.52. The van der Waals surface area contributed by atoms with Crippen molar-refractivity contribution >= 4 is 29.3 Å². The lowest BCUT2D eigenvalue weighted by Gasteiger charge is -2.09. The number of rotatable bonds is 6. The number of carboxylic acid groups (broad SMARTS) is 1. The molecule has 23 heavy (non-hydrogen) atoms. The van der Waals surface area contributed by atoms with Crippen LogP contribution in [-0.2, 0) is 19.1 Å². The van der Waals surface area contributed by atoms with Crippen molar-refractivity contribution in [3.63, 3.8) is 0 Å². The number of nitro benzene ring substituents is 1. The molecule has 0 saturated heterocycles. The highest BCUT2D eigenvalue weighted by atomic mass is 16.6. The third-order valence-corrected chi connectivity index (χ3v) is 2.57. The minimum Gasteiger partial charge on any atom is -0.477 e. The molecule has 10 nitrogen and oxygen atoms in total. The van der Waals surface area contributed by atoms with Crippen LogP contribution in [0.5, 0.6) is 0 Å². The van der Waals surface area contributed by atoms with Crippen LogP contribution < -0.4 is 5.32 Å². The van der Waals surface area contributed by atoms with Gasteiger partial charge in [-0.05, 0) is 12.1 Å². The van der Waals surface area contributed by atoms with Gasteiger partial charge in [0, 0.05) is 11.8 Å². The summed E-state index contributed by atoms with van der Waals surface area (Å²) in [7, 11) is 2.17. The monoisotopic (exact) mass is 324 g/mol. The molecular formula is C13H12N2O8. The molecule has 1 rings (SSSR count). The molecule has 2 N–H and O–H groups in total.